The number of pyridine rings is 1. The SMILES string of the molecule is O=C(Nc1ccccc1F)c1cncc(NCCc2ccccc2)c1. The van der Waals surface area contributed by atoms with E-state index in [-0.39, 0.29) is 5.69 Å². The molecule has 1 aromatic heterocycles. The minimum absolute atomic E-state index is 0.148. The molecular formula is C20H18FN3O. The summed E-state index contributed by atoms with van der Waals surface area (Å²) in [7, 11) is 0. The Morgan fingerprint density at radius 1 is 1.00 bits per heavy atom. The number of carbonyl (C=O) groups excluding carboxylic acids is 1. The van der Waals surface area contributed by atoms with Crippen molar-refractivity contribution in [3.05, 3.63) is 90.0 Å². The van der Waals surface area contributed by atoms with Gasteiger partial charge in [0.1, 0.15) is 5.82 Å². The molecule has 1 heterocycles. The monoisotopic (exact) mass is 335 g/mol. The zero-order valence-electron chi connectivity index (χ0n) is 13.6. The Labute approximate surface area is 145 Å². The van der Waals surface area contributed by atoms with Gasteiger partial charge in [0.25, 0.3) is 5.91 Å². The highest BCUT2D eigenvalue weighted by Gasteiger charge is 2.10. The van der Waals surface area contributed by atoms with E-state index in [9.17, 15) is 9.18 Å². The maximum atomic E-state index is 13.6. The summed E-state index contributed by atoms with van der Waals surface area (Å²) in [5.74, 6) is -0.870. The Bertz CT molecular complexity index is 852. The van der Waals surface area contributed by atoms with Gasteiger partial charge in [0, 0.05) is 18.9 Å². The molecule has 0 atom stereocenters. The summed E-state index contributed by atoms with van der Waals surface area (Å²) in [6.07, 6.45) is 3.98. The lowest BCUT2D eigenvalue weighted by atomic mass is 10.1. The Kier molecular flexibility index (Phi) is 5.36. The van der Waals surface area contributed by atoms with E-state index < -0.39 is 11.7 Å². The van der Waals surface area contributed by atoms with Gasteiger partial charge in [0.2, 0.25) is 0 Å². The molecular weight excluding hydrogens is 317 g/mol. The molecule has 126 valence electrons. The average molecular weight is 335 g/mol. The molecule has 3 aromatic rings. The second kappa shape index (κ2) is 8.06. The van der Waals surface area contributed by atoms with Crippen LogP contribution in [0.2, 0.25) is 0 Å². The predicted molar refractivity (Wildman–Crippen MR) is 97.2 cm³/mol. The molecule has 5 heteroatoms. The number of anilines is 2. The fourth-order valence-corrected chi connectivity index (χ4v) is 2.41. The molecule has 0 saturated carbocycles. The molecule has 3 rings (SSSR count). The highest BCUT2D eigenvalue weighted by atomic mass is 19.1. The summed E-state index contributed by atoms with van der Waals surface area (Å²) < 4.78 is 13.6. The molecule has 2 N–H and O–H groups in total. The third-order valence-corrected chi connectivity index (χ3v) is 3.71. The van der Waals surface area contributed by atoms with Crippen LogP contribution in [0, 0.1) is 5.82 Å². The van der Waals surface area contributed by atoms with Gasteiger partial charge in [-0.25, -0.2) is 4.39 Å². The average Bonchev–Trinajstić information content (AvgIpc) is 2.65. The number of nitrogens with zero attached hydrogens (tertiary/aromatic N) is 1. The predicted octanol–water partition coefficient (Wildman–Crippen LogP) is 4.13. The molecule has 25 heavy (non-hydrogen) atoms. The van der Waals surface area contributed by atoms with E-state index in [4.69, 9.17) is 0 Å². The molecule has 0 aliphatic carbocycles. The van der Waals surface area contributed by atoms with Crippen LogP contribution in [-0.4, -0.2) is 17.4 Å². The lowest BCUT2D eigenvalue weighted by molar-refractivity contribution is 0.102. The van der Waals surface area contributed by atoms with Gasteiger partial charge >= 0.3 is 0 Å². The molecule has 2 aromatic carbocycles. The van der Waals surface area contributed by atoms with Gasteiger partial charge in [-0.2, -0.15) is 0 Å². The molecule has 0 aliphatic heterocycles. The minimum Gasteiger partial charge on any atom is -0.383 e. The van der Waals surface area contributed by atoms with Crippen molar-refractivity contribution in [3.63, 3.8) is 0 Å². The Hall–Kier alpha value is -3.21. The van der Waals surface area contributed by atoms with Crippen LogP contribution in [-0.2, 0) is 6.42 Å². The van der Waals surface area contributed by atoms with Crippen LogP contribution in [0.1, 0.15) is 15.9 Å². The van der Waals surface area contributed by atoms with Gasteiger partial charge in [-0.1, -0.05) is 42.5 Å². The van der Waals surface area contributed by atoms with E-state index in [2.05, 4.69) is 27.8 Å². The number of aromatic nitrogens is 1. The van der Waals surface area contributed by atoms with Gasteiger partial charge < -0.3 is 10.6 Å². The first-order chi connectivity index (χ1) is 12.2. The van der Waals surface area contributed by atoms with Crippen molar-refractivity contribution < 1.29 is 9.18 Å². The molecule has 0 spiro atoms. The third kappa shape index (κ3) is 4.64. The normalized spacial score (nSPS) is 10.3. The van der Waals surface area contributed by atoms with Crippen molar-refractivity contribution in [2.75, 3.05) is 17.2 Å². The molecule has 0 aliphatic rings. The maximum Gasteiger partial charge on any atom is 0.257 e. The number of para-hydroxylation sites is 1. The van der Waals surface area contributed by atoms with Crippen molar-refractivity contribution in [1.29, 1.82) is 0 Å². The molecule has 4 nitrogen and oxygen atoms in total. The largest absolute Gasteiger partial charge is 0.383 e. The van der Waals surface area contributed by atoms with E-state index in [0.29, 0.717) is 5.56 Å². The number of hydrogen-bond donors (Lipinski definition) is 2. The fourth-order valence-electron chi connectivity index (χ4n) is 2.41. The van der Waals surface area contributed by atoms with Gasteiger partial charge in [-0.15, -0.1) is 0 Å². The lowest BCUT2D eigenvalue weighted by Crippen LogP contribution is -2.14. The van der Waals surface area contributed by atoms with Crippen LogP contribution in [0.3, 0.4) is 0 Å². The van der Waals surface area contributed by atoms with E-state index >= 15 is 0 Å². The van der Waals surface area contributed by atoms with Crippen LogP contribution in [0.15, 0.2) is 73.1 Å². The standard InChI is InChI=1S/C20H18FN3O/c21-18-8-4-5-9-19(18)24-20(25)16-12-17(14-22-13-16)23-11-10-15-6-2-1-3-7-15/h1-9,12-14,23H,10-11H2,(H,24,25). The smallest absolute Gasteiger partial charge is 0.257 e. The summed E-state index contributed by atoms with van der Waals surface area (Å²) in [6.45, 7) is 0.726. The molecule has 0 bridgehead atoms. The van der Waals surface area contributed by atoms with Crippen molar-refractivity contribution in [3.8, 4) is 0 Å². The minimum atomic E-state index is -0.471. The third-order valence-electron chi connectivity index (χ3n) is 3.71. The summed E-state index contributed by atoms with van der Waals surface area (Å²) in [6, 6.07) is 17.9. The van der Waals surface area contributed by atoms with E-state index in [1.165, 1.54) is 23.9 Å². The zero-order valence-corrected chi connectivity index (χ0v) is 13.6. The zero-order chi connectivity index (χ0) is 17.5. The summed E-state index contributed by atoms with van der Waals surface area (Å²) in [4.78, 5) is 16.3. The van der Waals surface area contributed by atoms with Crippen molar-refractivity contribution in [1.82, 2.24) is 4.98 Å². The fraction of sp³-hybridized carbons (Fsp3) is 0.100. The number of nitrogens with one attached hydrogen (secondary N) is 2. The number of benzene rings is 2. The Morgan fingerprint density at radius 3 is 2.56 bits per heavy atom. The quantitative estimate of drug-likeness (QED) is 0.712. The first-order valence-electron chi connectivity index (χ1n) is 8.01. The van der Waals surface area contributed by atoms with Gasteiger partial charge in [-0.05, 0) is 30.2 Å². The van der Waals surface area contributed by atoms with Crippen LogP contribution in [0.5, 0.6) is 0 Å². The van der Waals surface area contributed by atoms with Gasteiger partial charge in [0.15, 0.2) is 0 Å². The number of rotatable bonds is 6. The Morgan fingerprint density at radius 2 is 1.76 bits per heavy atom. The Balaban J connectivity index is 1.61. The van der Waals surface area contributed by atoms with Crippen molar-refractivity contribution >= 4 is 17.3 Å². The number of halogens is 1. The van der Waals surface area contributed by atoms with Crippen LogP contribution < -0.4 is 10.6 Å². The molecule has 0 fully saturated rings. The van der Waals surface area contributed by atoms with Crippen molar-refractivity contribution in [2.24, 2.45) is 0 Å². The summed E-state index contributed by atoms with van der Waals surface area (Å²) in [5.41, 5.74) is 2.50. The van der Waals surface area contributed by atoms with Gasteiger partial charge in [0.05, 0.1) is 16.9 Å². The number of carbonyl (C=O) groups is 1. The van der Waals surface area contributed by atoms with Crippen molar-refractivity contribution in [2.45, 2.75) is 6.42 Å². The van der Waals surface area contributed by atoms with E-state index in [0.717, 1.165) is 18.7 Å². The maximum absolute atomic E-state index is 13.6. The molecule has 0 unspecified atom stereocenters. The second-order valence-electron chi connectivity index (χ2n) is 5.56. The number of hydrogen-bond acceptors (Lipinski definition) is 3. The topological polar surface area (TPSA) is 54.0 Å². The van der Waals surface area contributed by atoms with Crippen LogP contribution in [0.4, 0.5) is 15.8 Å². The highest BCUT2D eigenvalue weighted by Crippen LogP contribution is 2.15. The number of amides is 1. The highest BCUT2D eigenvalue weighted by molar-refractivity contribution is 6.04. The first-order valence-corrected chi connectivity index (χ1v) is 8.01. The van der Waals surface area contributed by atoms with Gasteiger partial charge in [-0.3, -0.25) is 9.78 Å². The second-order valence-corrected chi connectivity index (χ2v) is 5.56. The van der Waals surface area contributed by atoms with Crippen LogP contribution in [0.25, 0.3) is 0 Å². The molecule has 1 amide bonds. The van der Waals surface area contributed by atoms with E-state index in [1.54, 1.807) is 24.4 Å². The first kappa shape index (κ1) is 16.6. The summed E-state index contributed by atoms with van der Waals surface area (Å²) >= 11 is 0. The molecule has 0 radical (unpaired) electrons. The van der Waals surface area contributed by atoms with E-state index in [1.807, 2.05) is 18.2 Å². The lowest BCUT2D eigenvalue weighted by Gasteiger charge is -2.09. The molecule has 0 saturated heterocycles. The summed E-state index contributed by atoms with van der Waals surface area (Å²) in [5, 5.41) is 5.80. The van der Waals surface area contributed by atoms with Crippen LogP contribution >= 0.6 is 0 Å².